The van der Waals surface area contributed by atoms with Crippen molar-refractivity contribution in [2.75, 3.05) is 7.11 Å². The number of carbonyl (C=O) groups excluding carboxylic acids is 1. The summed E-state index contributed by atoms with van der Waals surface area (Å²) in [6.07, 6.45) is 11.0. The molecule has 4 aliphatic carbocycles. The highest BCUT2D eigenvalue weighted by Crippen LogP contribution is 2.70. The highest BCUT2D eigenvalue weighted by Gasteiger charge is 2.65. The monoisotopic (exact) mass is 542 g/mol. The van der Waals surface area contributed by atoms with Crippen molar-refractivity contribution in [2.24, 2.45) is 34.0 Å². The van der Waals surface area contributed by atoms with Gasteiger partial charge in [0.05, 0.1) is 13.7 Å². The normalized spacial score (nSPS) is 38.5. The molecule has 0 radical (unpaired) electrons. The van der Waals surface area contributed by atoms with Gasteiger partial charge in [0, 0.05) is 18.3 Å². The predicted molar refractivity (Wildman–Crippen MR) is 158 cm³/mol. The van der Waals surface area contributed by atoms with E-state index < -0.39 is 5.79 Å². The summed E-state index contributed by atoms with van der Waals surface area (Å²) in [6.45, 7) is 7.17. The van der Waals surface area contributed by atoms with Crippen LogP contribution in [0.2, 0.25) is 0 Å². The molecule has 4 heteroatoms. The molecule has 0 heterocycles. The molecule has 3 saturated carbocycles. The molecule has 0 amide bonds. The molecule has 1 N–H and O–H groups in total. The van der Waals surface area contributed by atoms with Crippen molar-refractivity contribution in [2.45, 2.75) is 91.0 Å². The number of fused-ring (bicyclic) bond motifs is 5. The summed E-state index contributed by atoms with van der Waals surface area (Å²) in [7, 11) is 1.67. The number of methoxy groups -OCH3 is 1. The van der Waals surface area contributed by atoms with E-state index in [0.717, 1.165) is 49.8 Å². The second-order valence-electron chi connectivity index (χ2n) is 13.8. The van der Waals surface area contributed by atoms with E-state index in [4.69, 9.17) is 9.47 Å². The number of hydrogen-bond acceptors (Lipinski definition) is 4. The van der Waals surface area contributed by atoms with E-state index in [1.165, 1.54) is 17.6 Å². The third kappa shape index (κ3) is 4.38. The molecule has 0 bridgehead atoms. The molecule has 3 fully saturated rings. The van der Waals surface area contributed by atoms with Crippen LogP contribution in [-0.4, -0.2) is 23.8 Å². The van der Waals surface area contributed by atoms with Crippen molar-refractivity contribution >= 4 is 5.78 Å². The first-order valence-electron chi connectivity index (χ1n) is 15.4. The van der Waals surface area contributed by atoms with Crippen molar-refractivity contribution in [3.05, 3.63) is 77.4 Å². The van der Waals surface area contributed by atoms with Crippen LogP contribution in [0.4, 0.5) is 0 Å². The van der Waals surface area contributed by atoms with Gasteiger partial charge in [0.15, 0.2) is 5.79 Å². The minimum Gasteiger partial charge on any atom is -0.497 e. The molecule has 7 atom stereocenters. The number of ketones is 1. The Kier molecular flexibility index (Phi) is 7.02. The average Bonchev–Trinajstić information content (AvgIpc) is 3.26. The number of rotatable bonds is 7. The van der Waals surface area contributed by atoms with Crippen LogP contribution in [-0.2, 0) is 22.6 Å². The Bertz CT molecular complexity index is 1270. The third-order valence-electron chi connectivity index (χ3n) is 12.2. The van der Waals surface area contributed by atoms with Crippen molar-refractivity contribution in [1.29, 1.82) is 0 Å². The van der Waals surface area contributed by atoms with Crippen molar-refractivity contribution in [3.63, 3.8) is 0 Å². The van der Waals surface area contributed by atoms with E-state index >= 15 is 0 Å². The first kappa shape index (κ1) is 27.7. The van der Waals surface area contributed by atoms with Crippen LogP contribution in [0, 0.1) is 34.0 Å². The lowest BCUT2D eigenvalue weighted by molar-refractivity contribution is -0.231. The highest BCUT2D eigenvalue weighted by atomic mass is 16.6. The Morgan fingerprint density at radius 3 is 2.35 bits per heavy atom. The molecule has 4 nitrogen and oxygen atoms in total. The smallest absolute Gasteiger partial charge is 0.169 e. The van der Waals surface area contributed by atoms with Gasteiger partial charge in [0.2, 0.25) is 0 Å². The molecule has 40 heavy (non-hydrogen) atoms. The van der Waals surface area contributed by atoms with Crippen molar-refractivity contribution in [3.8, 4) is 5.75 Å². The van der Waals surface area contributed by atoms with Gasteiger partial charge in [-0.2, -0.15) is 0 Å². The van der Waals surface area contributed by atoms with E-state index in [1.54, 1.807) is 7.11 Å². The largest absolute Gasteiger partial charge is 0.497 e. The molecule has 6 rings (SSSR count). The van der Waals surface area contributed by atoms with Crippen LogP contribution < -0.4 is 4.74 Å². The van der Waals surface area contributed by atoms with E-state index in [2.05, 4.69) is 50.3 Å². The highest BCUT2D eigenvalue weighted by molar-refractivity contribution is 5.84. The zero-order valence-corrected chi connectivity index (χ0v) is 24.7. The maximum Gasteiger partial charge on any atom is 0.169 e. The first-order chi connectivity index (χ1) is 19.1. The number of carbonyl (C=O) groups is 1. The number of ether oxygens (including phenoxy) is 2. The maximum atomic E-state index is 13.5. The van der Waals surface area contributed by atoms with Crippen LogP contribution in [0.3, 0.4) is 0 Å². The van der Waals surface area contributed by atoms with Gasteiger partial charge in [0.25, 0.3) is 0 Å². The lowest BCUT2D eigenvalue weighted by Gasteiger charge is -2.60. The molecule has 0 saturated heterocycles. The minimum atomic E-state index is -1.12. The summed E-state index contributed by atoms with van der Waals surface area (Å²) < 4.78 is 11.5. The average molecular weight is 543 g/mol. The molecule has 214 valence electrons. The van der Waals surface area contributed by atoms with Gasteiger partial charge in [-0.05, 0) is 104 Å². The summed E-state index contributed by atoms with van der Waals surface area (Å²) >= 11 is 0. The lowest BCUT2D eigenvalue weighted by Crippen LogP contribution is -2.55. The number of Topliss-reactive ketones (excluding diaryl/α,β-unsaturated/α-hetero) is 1. The van der Waals surface area contributed by atoms with Gasteiger partial charge in [-0.1, -0.05) is 68.0 Å². The summed E-state index contributed by atoms with van der Waals surface area (Å²) in [5.41, 5.74) is 3.59. The van der Waals surface area contributed by atoms with Crippen molar-refractivity contribution < 1.29 is 19.4 Å². The predicted octanol–water partition coefficient (Wildman–Crippen LogP) is 7.68. The van der Waals surface area contributed by atoms with E-state index in [1.807, 2.05) is 31.2 Å². The molecule has 0 unspecified atom stereocenters. The number of benzene rings is 2. The molecule has 2 aromatic rings. The van der Waals surface area contributed by atoms with Gasteiger partial charge in [-0.15, -0.1) is 0 Å². The van der Waals surface area contributed by atoms with Crippen LogP contribution in [0.15, 0.2) is 66.2 Å². The third-order valence-corrected chi connectivity index (χ3v) is 12.2. The molecular weight excluding hydrogens is 496 g/mol. The Balaban J connectivity index is 1.20. The lowest BCUT2D eigenvalue weighted by atomic mass is 9.44. The Hall–Kier alpha value is -2.43. The quantitative estimate of drug-likeness (QED) is 0.288. The Morgan fingerprint density at radius 1 is 0.925 bits per heavy atom. The SMILES string of the molecule is COc1ccc(CO[C@]2(O)CC[C@@]3(C)C(=CC[C@@H]4[C@@H]3CC[C@@]3(C)[C@H]4CC[C@]3(Cc3ccccc3)C(C)=O)C2)cc1. The summed E-state index contributed by atoms with van der Waals surface area (Å²) in [5.74, 6) is 1.88. The Morgan fingerprint density at radius 2 is 1.65 bits per heavy atom. The zero-order valence-electron chi connectivity index (χ0n) is 24.7. The second kappa shape index (κ2) is 10.1. The van der Waals surface area contributed by atoms with Gasteiger partial charge in [-0.3, -0.25) is 4.79 Å². The second-order valence-corrected chi connectivity index (χ2v) is 13.8. The molecule has 0 spiro atoms. The number of aliphatic hydroxyl groups is 1. The number of allylic oxidation sites excluding steroid dienone is 1. The molecule has 4 aliphatic rings. The summed E-state index contributed by atoms with van der Waals surface area (Å²) in [6, 6.07) is 18.5. The van der Waals surface area contributed by atoms with E-state index in [9.17, 15) is 9.90 Å². The molecule has 0 aromatic heterocycles. The molecule has 0 aliphatic heterocycles. The maximum absolute atomic E-state index is 13.5. The zero-order chi connectivity index (χ0) is 28.2. The van der Waals surface area contributed by atoms with Gasteiger partial charge in [0.1, 0.15) is 11.5 Å². The fourth-order valence-electron chi connectivity index (χ4n) is 9.75. The first-order valence-corrected chi connectivity index (χ1v) is 15.4. The van der Waals surface area contributed by atoms with Crippen LogP contribution in [0.5, 0.6) is 5.75 Å². The van der Waals surface area contributed by atoms with E-state index in [0.29, 0.717) is 43.0 Å². The fraction of sp³-hybridized carbons (Fsp3) is 0.583. The van der Waals surface area contributed by atoms with Gasteiger partial charge >= 0.3 is 0 Å². The van der Waals surface area contributed by atoms with Crippen LogP contribution in [0.1, 0.15) is 83.3 Å². The van der Waals surface area contributed by atoms with Gasteiger partial charge < -0.3 is 14.6 Å². The number of hydrogen-bond donors (Lipinski definition) is 1. The topological polar surface area (TPSA) is 55.8 Å². The van der Waals surface area contributed by atoms with Gasteiger partial charge in [-0.25, -0.2) is 0 Å². The van der Waals surface area contributed by atoms with E-state index in [-0.39, 0.29) is 16.2 Å². The fourth-order valence-corrected chi connectivity index (χ4v) is 9.75. The summed E-state index contributed by atoms with van der Waals surface area (Å²) in [4.78, 5) is 13.5. The summed E-state index contributed by atoms with van der Waals surface area (Å²) in [5, 5.41) is 11.5. The standard InChI is InChI=1S/C36H46O4/c1-25(37)35(22-26-8-6-5-7-9-26)19-17-32-30-15-12-28-23-36(38,40-24-27-10-13-29(39-4)14-11-27)21-20-33(28,2)31(30)16-18-34(32,35)3/h5-14,30-32,38H,15-24H2,1-4H3/t30-,31+,32+,33+,34+,35+,36-/m1/s1. The van der Waals surface area contributed by atoms with Crippen molar-refractivity contribution in [1.82, 2.24) is 0 Å². The molecule has 2 aromatic carbocycles. The van der Waals surface area contributed by atoms with Crippen LogP contribution >= 0.6 is 0 Å². The molecular formula is C36H46O4. The minimum absolute atomic E-state index is 0.0361. The van der Waals surface area contributed by atoms with Crippen LogP contribution in [0.25, 0.3) is 0 Å². The Labute approximate surface area is 240 Å².